The van der Waals surface area contributed by atoms with E-state index in [0.29, 0.717) is 31.8 Å². The molecule has 0 spiro atoms. The zero-order valence-electron chi connectivity index (χ0n) is 13.9. The number of hydrogen-bond acceptors (Lipinski definition) is 5. The third-order valence-corrected chi connectivity index (χ3v) is 5.22. The van der Waals surface area contributed by atoms with Gasteiger partial charge in [0.2, 0.25) is 0 Å². The van der Waals surface area contributed by atoms with Crippen LogP contribution in [0.4, 0.5) is 0 Å². The number of rotatable bonds is 4. The van der Waals surface area contributed by atoms with E-state index in [1.165, 1.54) is 11.7 Å². The molecule has 134 valence electrons. The predicted octanol–water partition coefficient (Wildman–Crippen LogP) is 4.35. The third-order valence-electron chi connectivity index (χ3n) is 3.70. The van der Waals surface area contributed by atoms with Crippen molar-refractivity contribution in [3.63, 3.8) is 0 Å². The molecule has 0 radical (unpaired) electrons. The lowest BCUT2D eigenvalue weighted by atomic mass is 10.2. The van der Waals surface area contributed by atoms with Gasteiger partial charge in [0.15, 0.2) is 5.16 Å². The van der Waals surface area contributed by atoms with Crippen molar-refractivity contribution in [2.24, 2.45) is 0 Å². The van der Waals surface area contributed by atoms with Crippen molar-refractivity contribution >= 4 is 51.8 Å². The normalized spacial score (nSPS) is 12.2. The first kappa shape index (κ1) is 18.8. The average molecular weight is 409 g/mol. The summed E-state index contributed by atoms with van der Waals surface area (Å²) in [5.74, 6) is -0.405. The summed E-state index contributed by atoms with van der Waals surface area (Å²) in [5.41, 5.74) is 0.809. The van der Waals surface area contributed by atoms with Gasteiger partial charge in [-0.3, -0.25) is 14.2 Å². The second-order valence-corrected chi connectivity index (χ2v) is 7.64. The molecule has 0 saturated heterocycles. The Balaban J connectivity index is 2.25. The van der Waals surface area contributed by atoms with Crippen LogP contribution >= 0.6 is 35.0 Å². The van der Waals surface area contributed by atoms with Gasteiger partial charge < -0.3 is 4.74 Å². The number of benzene rings is 2. The van der Waals surface area contributed by atoms with Crippen molar-refractivity contribution in [1.29, 1.82) is 0 Å². The Hall–Kier alpha value is -2.02. The molecule has 0 unspecified atom stereocenters. The van der Waals surface area contributed by atoms with Gasteiger partial charge in [-0.1, -0.05) is 35.0 Å². The van der Waals surface area contributed by atoms with Crippen LogP contribution in [0.25, 0.3) is 16.6 Å². The smallest absolute Gasteiger partial charge is 0.318 e. The standard InChI is InChI=1S/C18H14Cl2N2O3S/c1-10(17(24)25-2)26-18-21-15-9-12(20)5-8-14(15)16(23)22(18)13-6-3-11(19)4-7-13/h3-10H,1-2H3/t10-/m1/s1. The van der Waals surface area contributed by atoms with E-state index in [2.05, 4.69) is 4.98 Å². The number of carbonyl (C=O) groups is 1. The highest BCUT2D eigenvalue weighted by Crippen LogP contribution is 2.27. The van der Waals surface area contributed by atoms with Crippen molar-refractivity contribution in [1.82, 2.24) is 9.55 Å². The second-order valence-electron chi connectivity index (χ2n) is 5.46. The number of aromatic nitrogens is 2. The molecule has 0 aliphatic rings. The molecular weight excluding hydrogens is 395 g/mol. The molecule has 1 atom stereocenters. The molecule has 3 rings (SSSR count). The molecule has 0 bridgehead atoms. The van der Waals surface area contributed by atoms with Crippen molar-refractivity contribution in [2.45, 2.75) is 17.3 Å². The molecule has 0 aliphatic carbocycles. The largest absolute Gasteiger partial charge is 0.468 e. The second kappa shape index (κ2) is 7.70. The lowest BCUT2D eigenvalue weighted by molar-refractivity contribution is -0.139. The summed E-state index contributed by atoms with van der Waals surface area (Å²) in [6.45, 7) is 1.69. The Morgan fingerprint density at radius 2 is 1.81 bits per heavy atom. The lowest BCUT2D eigenvalue weighted by Crippen LogP contribution is -2.24. The minimum absolute atomic E-state index is 0.256. The Morgan fingerprint density at radius 3 is 2.46 bits per heavy atom. The van der Waals surface area contributed by atoms with Crippen LogP contribution < -0.4 is 5.56 Å². The summed E-state index contributed by atoms with van der Waals surface area (Å²) in [7, 11) is 1.32. The summed E-state index contributed by atoms with van der Waals surface area (Å²) in [5, 5.41) is 1.29. The molecule has 1 aromatic heterocycles. The van der Waals surface area contributed by atoms with Crippen molar-refractivity contribution in [3.05, 3.63) is 62.9 Å². The van der Waals surface area contributed by atoms with Crippen molar-refractivity contribution in [2.75, 3.05) is 7.11 Å². The van der Waals surface area contributed by atoms with E-state index in [1.54, 1.807) is 49.4 Å². The van der Waals surface area contributed by atoms with Crippen LogP contribution in [-0.2, 0) is 9.53 Å². The molecule has 26 heavy (non-hydrogen) atoms. The minimum Gasteiger partial charge on any atom is -0.468 e. The SMILES string of the molecule is COC(=O)[C@@H](C)Sc1nc2cc(Cl)ccc2c(=O)n1-c1ccc(Cl)cc1. The molecule has 0 saturated carbocycles. The quantitative estimate of drug-likeness (QED) is 0.364. The summed E-state index contributed by atoms with van der Waals surface area (Å²) in [4.78, 5) is 29.5. The highest BCUT2D eigenvalue weighted by molar-refractivity contribution is 8.00. The van der Waals surface area contributed by atoms with Crippen molar-refractivity contribution < 1.29 is 9.53 Å². The first-order valence-corrected chi connectivity index (χ1v) is 9.27. The third kappa shape index (κ3) is 3.72. The summed E-state index contributed by atoms with van der Waals surface area (Å²) < 4.78 is 6.22. The van der Waals surface area contributed by atoms with E-state index in [-0.39, 0.29) is 5.56 Å². The monoisotopic (exact) mass is 408 g/mol. The average Bonchev–Trinajstić information content (AvgIpc) is 2.62. The number of esters is 1. The highest BCUT2D eigenvalue weighted by Gasteiger charge is 2.20. The molecule has 0 amide bonds. The van der Waals surface area contributed by atoms with Gasteiger partial charge in [-0.05, 0) is 49.4 Å². The van der Waals surface area contributed by atoms with E-state index >= 15 is 0 Å². The Bertz CT molecular complexity index is 1040. The lowest BCUT2D eigenvalue weighted by Gasteiger charge is -2.15. The van der Waals surface area contributed by atoms with Crippen LogP contribution in [0, 0.1) is 0 Å². The van der Waals surface area contributed by atoms with E-state index in [9.17, 15) is 9.59 Å². The van der Waals surface area contributed by atoms with Gasteiger partial charge in [-0.25, -0.2) is 4.98 Å². The summed E-state index contributed by atoms with van der Waals surface area (Å²) in [6, 6.07) is 11.7. The first-order valence-electron chi connectivity index (χ1n) is 7.63. The van der Waals surface area contributed by atoms with E-state index in [0.717, 1.165) is 11.8 Å². The van der Waals surface area contributed by atoms with Gasteiger partial charge in [-0.15, -0.1) is 0 Å². The van der Waals surface area contributed by atoms with Gasteiger partial charge >= 0.3 is 5.97 Å². The fraction of sp³-hybridized carbons (Fsp3) is 0.167. The van der Waals surface area contributed by atoms with E-state index in [1.807, 2.05) is 0 Å². The van der Waals surface area contributed by atoms with E-state index < -0.39 is 11.2 Å². The van der Waals surface area contributed by atoms with Gasteiger partial charge in [0, 0.05) is 10.0 Å². The van der Waals surface area contributed by atoms with Crippen LogP contribution in [0.1, 0.15) is 6.92 Å². The maximum atomic E-state index is 13.1. The molecule has 5 nitrogen and oxygen atoms in total. The number of thioether (sulfide) groups is 1. The van der Waals surface area contributed by atoms with Gasteiger partial charge in [-0.2, -0.15) is 0 Å². The first-order chi connectivity index (χ1) is 12.4. The number of fused-ring (bicyclic) bond motifs is 1. The molecule has 0 fully saturated rings. The molecule has 8 heteroatoms. The maximum absolute atomic E-state index is 13.1. The summed E-state index contributed by atoms with van der Waals surface area (Å²) >= 11 is 13.1. The van der Waals surface area contributed by atoms with Crippen LogP contribution in [-0.4, -0.2) is 27.9 Å². The predicted molar refractivity (Wildman–Crippen MR) is 105 cm³/mol. The number of ether oxygens (including phenoxy) is 1. The number of carbonyl (C=O) groups excluding carboxylic acids is 1. The van der Waals surface area contributed by atoms with Gasteiger partial charge in [0.1, 0.15) is 5.25 Å². The highest BCUT2D eigenvalue weighted by atomic mass is 35.5. The number of halogens is 2. The Kier molecular flexibility index (Phi) is 5.55. The molecular formula is C18H14Cl2N2O3S. The zero-order valence-corrected chi connectivity index (χ0v) is 16.2. The molecule has 0 N–H and O–H groups in total. The van der Waals surface area contributed by atoms with Crippen LogP contribution in [0.2, 0.25) is 10.0 Å². The molecule has 0 aliphatic heterocycles. The van der Waals surface area contributed by atoms with Gasteiger partial charge in [0.05, 0.1) is 23.7 Å². The fourth-order valence-electron chi connectivity index (χ4n) is 2.41. The van der Waals surface area contributed by atoms with E-state index in [4.69, 9.17) is 27.9 Å². The number of hydrogen-bond donors (Lipinski definition) is 0. The Morgan fingerprint density at radius 1 is 1.15 bits per heavy atom. The van der Waals surface area contributed by atoms with Crippen molar-refractivity contribution in [3.8, 4) is 5.69 Å². The Labute approximate surface area is 163 Å². The molecule has 3 aromatic rings. The summed E-state index contributed by atoms with van der Waals surface area (Å²) in [6.07, 6.45) is 0. The number of nitrogens with zero attached hydrogens (tertiary/aromatic N) is 2. The topological polar surface area (TPSA) is 61.2 Å². The van der Waals surface area contributed by atoms with Crippen LogP contribution in [0.5, 0.6) is 0 Å². The van der Waals surface area contributed by atoms with Crippen LogP contribution in [0.15, 0.2) is 52.4 Å². The maximum Gasteiger partial charge on any atom is 0.318 e. The molecule has 1 heterocycles. The van der Waals surface area contributed by atoms with Crippen LogP contribution in [0.3, 0.4) is 0 Å². The zero-order chi connectivity index (χ0) is 18.8. The van der Waals surface area contributed by atoms with Gasteiger partial charge in [0.25, 0.3) is 5.56 Å². The molecule has 2 aromatic carbocycles. The minimum atomic E-state index is -0.540. The fourth-order valence-corrected chi connectivity index (χ4v) is 3.65. The number of methoxy groups -OCH3 is 1.